The van der Waals surface area contributed by atoms with E-state index in [2.05, 4.69) is 43.9 Å². The lowest BCUT2D eigenvalue weighted by atomic mass is 9.77. The standard InChI is InChI=1S/C34H46N4O3/c1-20-13-21(2)15-24(14-20)30-29(22(3)17-35)26-16-28(36-18-27(26)38(30)32(40)41-33(4,5)6)34(7,8)31(39)37-19-23-9-11-25(37)12-10-23/h13-16,18,22-23,25H,9-12,17,19,35H2,1-8H3. The Morgan fingerprint density at radius 2 is 1.66 bits per heavy atom. The molecule has 3 fully saturated rings. The van der Waals surface area contributed by atoms with E-state index in [-0.39, 0.29) is 11.8 Å². The van der Waals surface area contributed by atoms with Crippen LogP contribution in [0.5, 0.6) is 0 Å². The fourth-order valence-corrected chi connectivity index (χ4v) is 6.85. The van der Waals surface area contributed by atoms with Gasteiger partial charge in [0.15, 0.2) is 0 Å². The number of carbonyl (C=O) groups excluding carboxylic acids is 2. The Labute approximate surface area is 244 Å². The molecule has 2 aliphatic heterocycles. The lowest BCUT2D eigenvalue weighted by Gasteiger charge is -2.47. The number of amides is 1. The smallest absolute Gasteiger partial charge is 0.419 e. The van der Waals surface area contributed by atoms with Crippen molar-refractivity contribution >= 4 is 22.9 Å². The number of aryl methyl sites for hydroxylation is 2. The number of hydrogen-bond donors (Lipinski definition) is 1. The molecule has 3 aromatic rings. The highest BCUT2D eigenvalue weighted by atomic mass is 16.6. The van der Waals surface area contributed by atoms with Crippen LogP contribution >= 0.6 is 0 Å². The van der Waals surface area contributed by atoms with E-state index in [9.17, 15) is 9.59 Å². The van der Waals surface area contributed by atoms with Gasteiger partial charge in [-0.05, 0) is 122 Å². The molecule has 2 N–H and O–H groups in total. The van der Waals surface area contributed by atoms with Gasteiger partial charge < -0.3 is 15.4 Å². The summed E-state index contributed by atoms with van der Waals surface area (Å²) in [7, 11) is 0. The number of ether oxygens (including phenoxy) is 1. The molecule has 1 aliphatic carbocycles. The van der Waals surface area contributed by atoms with Crippen molar-refractivity contribution < 1.29 is 14.3 Å². The van der Waals surface area contributed by atoms with Gasteiger partial charge in [-0.25, -0.2) is 9.36 Å². The average Bonchev–Trinajstić information content (AvgIpc) is 3.26. The number of pyridine rings is 1. The van der Waals surface area contributed by atoms with Gasteiger partial charge in [0.2, 0.25) is 5.91 Å². The first kappa shape index (κ1) is 29.3. The molecular weight excluding hydrogens is 512 g/mol. The first-order valence-corrected chi connectivity index (χ1v) is 15.1. The van der Waals surface area contributed by atoms with Crippen LogP contribution in [0.4, 0.5) is 4.79 Å². The maximum absolute atomic E-state index is 14.0. The molecule has 220 valence electrons. The van der Waals surface area contributed by atoms with Gasteiger partial charge in [-0.2, -0.15) is 0 Å². The van der Waals surface area contributed by atoms with Crippen LogP contribution in [0.15, 0.2) is 30.5 Å². The normalized spacial score (nSPS) is 20.0. The minimum Gasteiger partial charge on any atom is -0.443 e. The molecule has 2 bridgehead atoms. The molecule has 3 aliphatic rings. The number of aromatic nitrogens is 2. The molecule has 4 heterocycles. The van der Waals surface area contributed by atoms with Gasteiger partial charge >= 0.3 is 6.09 Å². The summed E-state index contributed by atoms with van der Waals surface area (Å²) in [5, 5.41) is 0.883. The second-order valence-electron chi connectivity index (χ2n) is 13.9. The van der Waals surface area contributed by atoms with Crippen molar-refractivity contribution in [2.45, 2.75) is 104 Å². The molecule has 7 heteroatoms. The number of benzene rings is 1. The number of piperidine rings is 2. The third-order valence-electron chi connectivity index (χ3n) is 8.96. The quantitative estimate of drug-likeness (QED) is 0.370. The highest BCUT2D eigenvalue weighted by molar-refractivity contribution is 6.00. The van der Waals surface area contributed by atoms with E-state index in [0.717, 1.165) is 52.7 Å². The van der Waals surface area contributed by atoms with Crippen molar-refractivity contribution in [3.8, 4) is 11.3 Å². The van der Waals surface area contributed by atoms with Crippen LogP contribution in [-0.2, 0) is 14.9 Å². The molecular formula is C34H46N4O3. The maximum Gasteiger partial charge on any atom is 0.419 e. The van der Waals surface area contributed by atoms with Crippen molar-refractivity contribution in [1.82, 2.24) is 14.5 Å². The second-order valence-corrected chi connectivity index (χ2v) is 13.9. The van der Waals surface area contributed by atoms with E-state index in [4.69, 9.17) is 15.5 Å². The average molecular weight is 559 g/mol. The van der Waals surface area contributed by atoms with Gasteiger partial charge in [0.05, 0.1) is 28.5 Å². The molecule has 1 aromatic carbocycles. The molecule has 0 radical (unpaired) electrons. The first-order chi connectivity index (χ1) is 19.2. The largest absolute Gasteiger partial charge is 0.443 e. The van der Waals surface area contributed by atoms with E-state index in [1.807, 2.05) is 40.7 Å². The fourth-order valence-electron chi connectivity index (χ4n) is 6.85. The van der Waals surface area contributed by atoms with Gasteiger partial charge in [-0.1, -0.05) is 24.1 Å². The SMILES string of the molecule is Cc1cc(C)cc(-c2c(C(C)CN)c3cc(C(C)(C)C(=O)N4CC5CCC4CC5)ncc3n2C(=O)OC(C)(C)C)c1. The van der Waals surface area contributed by atoms with Gasteiger partial charge in [-0.3, -0.25) is 9.78 Å². The summed E-state index contributed by atoms with van der Waals surface area (Å²) in [6.07, 6.45) is 5.91. The van der Waals surface area contributed by atoms with Crippen molar-refractivity contribution in [3.63, 3.8) is 0 Å². The van der Waals surface area contributed by atoms with E-state index in [1.165, 1.54) is 12.8 Å². The summed E-state index contributed by atoms with van der Waals surface area (Å²) in [6, 6.07) is 8.66. The van der Waals surface area contributed by atoms with Crippen molar-refractivity contribution in [2.75, 3.05) is 13.1 Å². The van der Waals surface area contributed by atoms with E-state index < -0.39 is 17.1 Å². The third kappa shape index (κ3) is 5.41. The molecule has 0 spiro atoms. The zero-order valence-electron chi connectivity index (χ0n) is 26.0. The van der Waals surface area contributed by atoms with Crippen molar-refractivity contribution in [3.05, 3.63) is 52.8 Å². The molecule has 7 nitrogen and oxygen atoms in total. The number of nitrogens with zero attached hydrogens (tertiary/aromatic N) is 3. The van der Waals surface area contributed by atoms with Crippen LogP contribution in [0.1, 0.15) is 95.5 Å². The molecule has 2 aromatic heterocycles. The monoisotopic (exact) mass is 558 g/mol. The number of fused-ring (bicyclic) bond motifs is 4. The summed E-state index contributed by atoms with van der Waals surface area (Å²) in [6.45, 7) is 17.0. The highest BCUT2D eigenvalue weighted by Crippen LogP contribution is 2.42. The molecule has 41 heavy (non-hydrogen) atoms. The van der Waals surface area contributed by atoms with Crippen LogP contribution in [0.2, 0.25) is 0 Å². The van der Waals surface area contributed by atoms with E-state index in [1.54, 1.807) is 10.8 Å². The minimum absolute atomic E-state index is 0.0519. The van der Waals surface area contributed by atoms with Crippen LogP contribution in [0.25, 0.3) is 22.2 Å². The number of rotatable bonds is 5. The van der Waals surface area contributed by atoms with Gasteiger partial charge in [0.25, 0.3) is 0 Å². The van der Waals surface area contributed by atoms with Gasteiger partial charge in [-0.15, -0.1) is 0 Å². The lowest BCUT2D eigenvalue weighted by molar-refractivity contribution is -0.144. The van der Waals surface area contributed by atoms with Crippen LogP contribution < -0.4 is 5.73 Å². The summed E-state index contributed by atoms with van der Waals surface area (Å²) in [5.74, 6) is 0.688. The Hall–Kier alpha value is -3.19. The zero-order chi connectivity index (χ0) is 29.9. The summed E-state index contributed by atoms with van der Waals surface area (Å²) < 4.78 is 7.59. The maximum atomic E-state index is 14.0. The van der Waals surface area contributed by atoms with Crippen LogP contribution in [0.3, 0.4) is 0 Å². The highest BCUT2D eigenvalue weighted by Gasteiger charge is 2.43. The topological polar surface area (TPSA) is 90.5 Å². The van der Waals surface area contributed by atoms with Gasteiger partial charge in [0, 0.05) is 18.0 Å². The summed E-state index contributed by atoms with van der Waals surface area (Å²) in [5.41, 5.74) is 11.1. The third-order valence-corrected chi connectivity index (χ3v) is 8.96. The Morgan fingerprint density at radius 1 is 1.02 bits per heavy atom. The van der Waals surface area contributed by atoms with Crippen molar-refractivity contribution in [2.24, 2.45) is 11.7 Å². The van der Waals surface area contributed by atoms with E-state index in [0.29, 0.717) is 29.7 Å². The van der Waals surface area contributed by atoms with Crippen LogP contribution in [0, 0.1) is 19.8 Å². The number of hydrogen-bond acceptors (Lipinski definition) is 5. The summed E-state index contributed by atoms with van der Waals surface area (Å²) in [4.78, 5) is 34.9. The zero-order valence-corrected chi connectivity index (χ0v) is 26.0. The predicted octanol–water partition coefficient (Wildman–Crippen LogP) is 6.84. The molecule has 2 saturated heterocycles. The Balaban J connectivity index is 1.72. The molecule has 1 unspecified atom stereocenters. The minimum atomic E-state index is -0.816. The Bertz CT molecular complexity index is 1470. The second kappa shape index (κ2) is 10.6. The fraction of sp³-hybridized carbons (Fsp3) is 0.559. The number of carbonyl (C=O) groups is 2. The summed E-state index contributed by atoms with van der Waals surface area (Å²) >= 11 is 0. The first-order valence-electron chi connectivity index (χ1n) is 15.1. The Morgan fingerprint density at radius 3 is 2.20 bits per heavy atom. The molecule has 1 atom stereocenters. The Kier molecular flexibility index (Phi) is 7.56. The van der Waals surface area contributed by atoms with E-state index >= 15 is 0 Å². The molecule has 1 saturated carbocycles. The molecule has 1 amide bonds. The lowest BCUT2D eigenvalue weighted by Crippen LogP contribution is -2.55. The van der Waals surface area contributed by atoms with Gasteiger partial charge in [0.1, 0.15) is 5.60 Å². The van der Waals surface area contributed by atoms with Crippen LogP contribution in [-0.4, -0.2) is 51.2 Å². The predicted molar refractivity (Wildman–Crippen MR) is 164 cm³/mol. The molecule has 6 rings (SSSR count). The number of nitrogens with two attached hydrogens (primary N) is 1. The van der Waals surface area contributed by atoms with Crippen molar-refractivity contribution in [1.29, 1.82) is 0 Å².